The molecular weight excluding hydrogens is 260 g/mol. The average molecular weight is 283 g/mol. The first kappa shape index (κ1) is 15.6. The van der Waals surface area contributed by atoms with Crippen molar-refractivity contribution in [1.82, 2.24) is 9.47 Å². The van der Waals surface area contributed by atoms with Gasteiger partial charge in [0.2, 0.25) is 0 Å². The molecule has 19 heavy (non-hydrogen) atoms. The molecule has 0 aliphatic carbocycles. The lowest BCUT2D eigenvalue weighted by Gasteiger charge is -2.19. The Labute approximate surface area is 119 Å². The van der Waals surface area contributed by atoms with Gasteiger partial charge < -0.3 is 10.2 Å². The average Bonchev–Trinajstić information content (AvgIpc) is 2.41. The summed E-state index contributed by atoms with van der Waals surface area (Å²) in [6, 6.07) is -0.0765. The summed E-state index contributed by atoms with van der Waals surface area (Å²) in [5.74, 6) is 0. The van der Waals surface area contributed by atoms with Crippen LogP contribution in [0.4, 0.5) is 10.5 Å². The molecule has 0 saturated carbocycles. The fraction of sp³-hybridized carbons (Fsp3) is 0.615. The molecule has 0 saturated heterocycles. The lowest BCUT2D eigenvalue weighted by atomic mass is 10.4. The Morgan fingerprint density at radius 3 is 2.47 bits per heavy atom. The molecule has 2 amide bonds. The summed E-state index contributed by atoms with van der Waals surface area (Å²) in [4.78, 5) is 13.8. The highest BCUT2D eigenvalue weighted by atomic mass is 32.1. The van der Waals surface area contributed by atoms with Gasteiger partial charge in [0.1, 0.15) is 18.1 Å². The molecule has 0 aliphatic heterocycles. The quantitative estimate of drug-likeness (QED) is 0.666. The van der Waals surface area contributed by atoms with Crippen molar-refractivity contribution in [1.29, 1.82) is 0 Å². The van der Waals surface area contributed by atoms with Gasteiger partial charge in [0.05, 0.1) is 13.1 Å². The second-order valence-electron chi connectivity index (χ2n) is 4.17. The summed E-state index contributed by atoms with van der Waals surface area (Å²) in [5.41, 5.74) is 0.772. The fourth-order valence-electron chi connectivity index (χ4n) is 1.88. The van der Waals surface area contributed by atoms with Crippen molar-refractivity contribution in [2.45, 2.75) is 40.8 Å². The van der Waals surface area contributed by atoms with Gasteiger partial charge in [-0.3, -0.25) is 0 Å². The number of carbonyl (C=O) groups is 1. The second kappa shape index (κ2) is 7.23. The van der Waals surface area contributed by atoms with Crippen LogP contribution in [0.5, 0.6) is 0 Å². The van der Waals surface area contributed by atoms with Gasteiger partial charge in [-0.05, 0) is 27.7 Å². The van der Waals surface area contributed by atoms with E-state index in [1.165, 1.54) is 0 Å². The Morgan fingerprint density at radius 1 is 1.37 bits per heavy atom. The summed E-state index contributed by atoms with van der Waals surface area (Å²) >= 11 is 5.36. The molecule has 0 radical (unpaired) electrons. The topological polar surface area (TPSA) is 41.2 Å². The van der Waals surface area contributed by atoms with Crippen molar-refractivity contribution >= 4 is 23.9 Å². The van der Waals surface area contributed by atoms with Crippen LogP contribution < -0.4 is 9.88 Å². The predicted octanol–water partition coefficient (Wildman–Crippen LogP) is 2.42. The minimum Gasteiger partial charge on any atom is -0.325 e. The lowest BCUT2D eigenvalue weighted by Crippen LogP contribution is -2.39. The molecule has 0 fully saturated rings. The SMILES string of the molecule is CCN(CC)C(=O)Nc1cn(CC)c(=S)[n+](CC)c1. The van der Waals surface area contributed by atoms with E-state index in [4.69, 9.17) is 12.2 Å². The normalized spacial score (nSPS) is 10.3. The summed E-state index contributed by atoms with van der Waals surface area (Å²) < 4.78 is 4.68. The van der Waals surface area contributed by atoms with Crippen LogP contribution in [0.25, 0.3) is 0 Å². The second-order valence-corrected chi connectivity index (χ2v) is 4.54. The summed E-state index contributed by atoms with van der Waals surface area (Å²) in [5, 5.41) is 2.92. The number of nitrogens with zero attached hydrogens (tertiary/aromatic N) is 3. The number of amides is 2. The first-order valence-corrected chi connectivity index (χ1v) is 7.17. The summed E-state index contributed by atoms with van der Waals surface area (Å²) in [7, 11) is 0. The minimum absolute atomic E-state index is 0.0765. The highest BCUT2D eigenvalue weighted by molar-refractivity contribution is 7.71. The smallest absolute Gasteiger partial charge is 0.325 e. The molecular formula is C13H23N4OS+. The predicted molar refractivity (Wildman–Crippen MR) is 78.7 cm³/mol. The zero-order valence-electron chi connectivity index (χ0n) is 12.1. The molecule has 1 aromatic rings. The van der Waals surface area contributed by atoms with E-state index in [0.29, 0.717) is 13.1 Å². The van der Waals surface area contributed by atoms with E-state index in [-0.39, 0.29) is 6.03 Å². The fourth-order valence-corrected chi connectivity index (χ4v) is 2.24. The zero-order valence-corrected chi connectivity index (χ0v) is 13.0. The maximum absolute atomic E-state index is 12.0. The van der Waals surface area contributed by atoms with Gasteiger partial charge in [-0.15, -0.1) is 0 Å². The van der Waals surface area contributed by atoms with Crippen molar-refractivity contribution in [3.8, 4) is 0 Å². The van der Waals surface area contributed by atoms with E-state index in [2.05, 4.69) is 5.32 Å². The van der Waals surface area contributed by atoms with Crippen LogP contribution in [0.3, 0.4) is 0 Å². The number of rotatable bonds is 5. The van der Waals surface area contributed by atoms with Crippen LogP contribution in [-0.2, 0) is 13.1 Å². The van der Waals surface area contributed by atoms with Crippen LogP contribution in [0.15, 0.2) is 12.4 Å². The number of nitrogens with one attached hydrogen (secondary N) is 1. The minimum atomic E-state index is -0.0765. The third-order valence-corrected chi connectivity index (χ3v) is 3.53. The first-order valence-electron chi connectivity index (χ1n) is 6.77. The number of urea groups is 1. The third-order valence-electron chi connectivity index (χ3n) is 3.06. The largest absolute Gasteiger partial charge is 0.350 e. The molecule has 1 aromatic heterocycles. The van der Waals surface area contributed by atoms with Crippen LogP contribution >= 0.6 is 12.2 Å². The molecule has 0 aromatic carbocycles. The standard InChI is InChI=1S/C13H22N4OS/c1-5-15(6-2)12(18)14-11-9-16(7-3)13(19)17(8-4)10-11/h9-10H,5-8H2,1-4H3/p+1. The van der Waals surface area contributed by atoms with Gasteiger partial charge in [-0.1, -0.05) is 0 Å². The Bertz CT molecular complexity index is 466. The molecule has 0 aliphatic rings. The van der Waals surface area contributed by atoms with E-state index in [1.54, 1.807) is 4.90 Å². The maximum Gasteiger partial charge on any atom is 0.350 e. The molecule has 0 atom stereocenters. The van der Waals surface area contributed by atoms with Gasteiger partial charge in [0, 0.05) is 25.3 Å². The highest BCUT2D eigenvalue weighted by Gasteiger charge is 2.13. The van der Waals surface area contributed by atoms with Gasteiger partial charge in [0.15, 0.2) is 0 Å². The van der Waals surface area contributed by atoms with E-state index in [9.17, 15) is 4.79 Å². The number of hydrogen-bond donors (Lipinski definition) is 1. The Balaban J connectivity index is 3.02. The zero-order chi connectivity index (χ0) is 14.4. The molecule has 6 heteroatoms. The monoisotopic (exact) mass is 283 g/mol. The lowest BCUT2D eigenvalue weighted by molar-refractivity contribution is -0.703. The number of aromatic nitrogens is 2. The van der Waals surface area contributed by atoms with Gasteiger partial charge in [-0.2, -0.15) is 0 Å². The Morgan fingerprint density at radius 2 is 2.00 bits per heavy atom. The van der Waals surface area contributed by atoms with Gasteiger partial charge in [0.25, 0.3) is 0 Å². The summed E-state index contributed by atoms with van der Waals surface area (Å²) in [6.07, 6.45) is 3.77. The third kappa shape index (κ3) is 3.76. The van der Waals surface area contributed by atoms with E-state index in [0.717, 1.165) is 23.5 Å². The van der Waals surface area contributed by atoms with E-state index in [1.807, 2.05) is 49.2 Å². The molecule has 1 N–H and O–H groups in total. The first-order chi connectivity index (χ1) is 9.07. The number of anilines is 1. The molecule has 0 unspecified atom stereocenters. The molecule has 0 bridgehead atoms. The van der Waals surface area contributed by atoms with Crippen molar-refractivity contribution in [3.05, 3.63) is 17.2 Å². The van der Waals surface area contributed by atoms with Crippen molar-refractivity contribution in [3.63, 3.8) is 0 Å². The highest BCUT2D eigenvalue weighted by Crippen LogP contribution is 2.06. The number of carbonyl (C=O) groups excluding carboxylic acids is 1. The maximum atomic E-state index is 12.0. The van der Waals surface area contributed by atoms with Crippen LogP contribution in [0, 0.1) is 4.77 Å². The van der Waals surface area contributed by atoms with Crippen LogP contribution in [0.1, 0.15) is 27.7 Å². The molecule has 5 nitrogen and oxygen atoms in total. The van der Waals surface area contributed by atoms with Crippen molar-refractivity contribution < 1.29 is 9.36 Å². The Hall–Kier alpha value is -1.43. The van der Waals surface area contributed by atoms with Crippen molar-refractivity contribution in [2.75, 3.05) is 18.4 Å². The Kier molecular flexibility index (Phi) is 5.95. The number of hydrogen-bond acceptors (Lipinski definition) is 2. The molecule has 0 spiro atoms. The van der Waals surface area contributed by atoms with E-state index >= 15 is 0 Å². The van der Waals surface area contributed by atoms with Gasteiger partial charge >= 0.3 is 10.8 Å². The van der Waals surface area contributed by atoms with E-state index < -0.39 is 0 Å². The van der Waals surface area contributed by atoms with Crippen molar-refractivity contribution in [2.24, 2.45) is 0 Å². The van der Waals surface area contributed by atoms with Crippen LogP contribution in [-0.4, -0.2) is 28.6 Å². The molecule has 1 rings (SSSR count). The van der Waals surface area contributed by atoms with Crippen LogP contribution in [0.2, 0.25) is 0 Å². The number of aryl methyl sites for hydroxylation is 2. The molecule has 1 heterocycles. The van der Waals surface area contributed by atoms with Gasteiger partial charge in [-0.25, -0.2) is 13.9 Å². The molecule has 106 valence electrons. The summed E-state index contributed by atoms with van der Waals surface area (Å²) in [6.45, 7) is 11.0.